The van der Waals surface area contributed by atoms with Gasteiger partial charge in [0, 0.05) is 18.3 Å². The molecule has 0 saturated carbocycles. The van der Waals surface area contributed by atoms with E-state index in [1.165, 1.54) is 0 Å². The summed E-state index contributed by atoms with van der Waals surface area (Å²) in [5.41, 5.74) is 1.14. The van der Waals surface area contributed by atoms with Crippen molar-refractivity contribution in [2.24, 2.45) is 5.92 Å². The molecule has 1 aromatic carbocycles. The first kappa shape index (κ1) is 11.9. The van der Waals surface area contributed by atoms with Crippen molar-refractivity contribution in [1.29, 1.82) is 0 Å². The molecule has 0 aromatic heterocycles. The van der Waals surface area contributed by atoms with Crippen molar-refractivity contribution < 1.29 is 4.74 Å². The third-order valence-electron chi connectivity index (χ3n) is 2.00. The lowest BCUT2D eigenvalue weighted by molar-refractivity contribution is 0.271. The Labute approximate surface area is 92.6 Å². The van der Waals surface area contributed by atoms with Gasteiger partial charge in [-0.3, -0.25) is 0 Å². The van der Waals surface area contributed by atoms with Crippen LogP contribution >= 0.6 is 0 Å². The minimum absolute atomic E-state index is 0.567. The Balaban J connectivity index is 2.50. The first-order valence-corrected chi connectivity index (χ1v) is 5.69. The van der Waals surface area contributed by atoms with Gasteiger partial charge in [0.05, 0.1) is 6.61 Å². The van der Waals surface area contributed by atoms with Gasteiger partial charge in [0.2, 0.25) is 0 Å². The van der Waals surface area contributed by atoms with Crippen LogP contribution in [0, 0.1) is 5.92 Å². The number of hydrogen-bond donors (Lipinski definition) is 1. The largest absolute Gasteiger partial charge is 0.493 e. The quantitative estimate of drug-likeness (QED) is 0.770. The van der Waals surface area contributed by atoms with Crippen molar-refractivity contribution in [3.8, 4) is 5.75 Å². The molecule has 0 atom stereocenters. The summed E-state index contributed by atoms with van der Waals surface area (Å²) < 4.78 is 5.65. The van der Waals surface area contributed by atoms with E-state index in [0.717, 1.165) is 31.0 Å². The molecule has 0 aliphatic rings. The number of anilines is 1. The van der Waals surface area contributed by atoms with Crippen molar-refractivity contribution in [2.75, 3.05) is 18.5 Å². The molecule has 2 heteroatoms. The molecule has 2 nitrogen and oxygen atoms in total. The number of rotatable bonds is 6. The first-order chi connectivity index (χ1) is 7.22. The Kier molecular flexibility index (Phi) is 5.02. The molecule has 0 aliphatic heterocycles. The molecule has 0 radical (unpaired) electrons. The fourth-order valence-electron chi connectivity index (χ4n) is 1.23. The summed E-state index contributed by atoms with van der Waals surface area (Å²) in [5.74, 6) is 1.52. The van der Waals surface area contributed by atoms with E-state index in [1.807, 2.05) is 12.1 Å². The van der Waals surface area contributed by atoms with Gasteiger partial charge >= 0.3 is 0 Å². The van der Waals surface area contributed by atoms with Crippen molar-refractivity contribution in [2.45, 2.75) is 27.2 Å². The van der Waals surface area contributed by atoms with Crippen LogP contribution in [-0.4, -0.2) is 13.2 Å². The SMILES string of the molecule is CCCNc1cccc(OCC(C)C)c1. The van der Waals surface area contributed by atoms with Gasteiger partial charge in [-0.25, -0.2) is 0 Å². The van der Waals surface area contributed by atoms with E-state index in [1.54, 1.807) is 0 Å². The van der Waals surface area contributed by atoms with Crippen LogP contribution in [0.15, 0.2) is 24.3 Å². The van der Waals surface area contributed by atoms with Crippen LogP contribution < -0.4 is 10.1 Å². The molecule has 0 amide bonds. The van der Waals surface area contributed by atoms with Crippen LogP contribution in [0.4, 0.5) is 5.69 Å². The lowest BCUT2D eigenvalue weighted by Gasteiger charge is -2.10. The Morgan fingerprint density at radius 2 is 2.13 bits per heavy atom. The standard InChI is InChI=1S/C13H21NO/c1-4-8-14-12-6-5-7-13(9-12)15-10-11(2)3/h5-7,9,11,14H,4,8,10H2,1-3H3. The number of benzene rings is 1. The van der Waals surface area contributed by atoms with E-state index >= 15 is 0 Å². The van der Waals surface area contributed by atoms with E-state index < -0.39 is 0 Å². The minimum atomic E-state index is 0.567. The molecular weight excluding hydrogens is 186 g/mol. The summed E-state index contributed by atoms with van der Waals surface area (Å²) in [6.07, 6.45) is 1.14. The smallest absolute Gasteiger partial charge is 0.121 e. The highest BCUT2D eigenvalue weighted by Crippen LogP contribution is 2.17. The molecule has 1 N–H and O–H groups in total. The lowest BCUT2D eigenvalue weighted by atomic mass is 10.2. The maximum Gasteiger partial charge on any atom is 0.121 e. The molecule has 1 rings (SSSR count). The summed E-state index contributed by atoms with van der Waals surface area (Å²) >= 11 is 0. The van der Waals surface area contributed by atoms with Gasteiger partial charge in [-0.1, -0.05) is 26.8 Å². The van der Waals surface area contributed by atoms with Gasteiger partial charge in [0.1, 0.15) is 5.75 Å². The fraction of sp³-hybridized carbons (Fsp3) is 0.538. The molecule has 84 valence electrons. The van der Waals surface area contributed by atoms with Crippen molar-refractivity contribution >= 4 is 5.69 Å². The Bertz CT molecular complexity index is 284. The molecule has 0 saturated heterocycles. The highest BCUT2D eigenvalue weighted by Gasteiger charge is 1.98. The molecule has 0 heterocycles. The van der Waals surface area contributed by atoms with Crippen LogP contribution in [0.2, 0.25) is 0 Å². The molecule has 0 bridgehead atoms. The van der Waals surface area contributed by atoms with E-state index in [-0.39, 0.29) is 0 Å². The molecule has 1 aromatic rings. The van der Waals surface area contributed by atoms with Crippen molar-refractivity contribution in [3.63, 3.8) is 0 Å². The average molecular weight is 207 g/mol. The molecule has 0 unspecified atom stereocenters. The predicted octanol–water partition coefficient (Wildman–Crippen LogP) is 3.54. The second-order valence-corrected chi connectivity index (χ2v) is 4.16. The number of hydrogen-bond acceptors (Lipinski definition) is 2. The Morgan fingerprint density at radius 3 is 2.80 bits per heavy atom. The Morgan fingerprint density at radius 1 is 1.33 bits per heavy atom. The zero-order valence-corrected chi connectivity index (χ0v) is 9.92. The van der Waals surface area contributed by atoms with Gasteiger partial charge in [-0.2, -0.15) is 0 Å². The van der Waals surface area contributed by atoms with Gasteiger partial charge in [0.15, 0.2) is 0 Å². The Hall–Kier alpha value is -1.18. The topological polar surface area (TPSA) is 21.3 Å². The van der Waals surface area contributed by atoms with E-state index in [2.05, 4.69) is 38.2 Å². The number of ether oxygens (including phenoxy) is 1. The predicted molar refractivity (Wildman–Crippen MR) is 65.6 cm³/mol. The molecule has 0 fully saturated rings. The van der Waals surface area contributed by atoms with Crippen LogP contribution in [-0.2, 0) is 0 Å². The lowest BCUT2D eigenvalue weighted by Crippen LogP contribution is -2.05. The summed E-state index contributed by atoms with van der Waals surface area (Å²) in [7, 11) is 0. The van der Waals surface area contributed by atoms with E-state index in [4.69, 9.17) is 4.74 Å². The average Bonchev–Trinajstić information content (AvgIpc) is 2.24. The molecule has 0 aliphatic carbocycles. The zero-order valence-electron chi connectivity index (χ0n) is 9.92. The third kappa shape index (κ3) is 4.73. The minimum Gasteiger partial charge on any atom is -0.493 e. The maximum atomic E-state index is 5.65. The van der Waals surface area contributed by atoms with Crippen LogP contribution in [0.25, 0.3) is 0 Å². The summed E-state index contributed by atoms with van der Waals surface area (Å²) in [4.78, 5) is 0. The van der Waals surface area contributed by atoms with Gasteiger partial charge < -0.3 is 10.1 Å². The second kappa shape index (κ2) is 6.33. The molecular formula is C13H21NO. The van der Waals surface area contributed by atoms with Gasteiger partial charge in [-0.05, 0) is 24.5 Å². The first-order valence-electron chi connectivity index (χ1n) is 5.69. The summed E-state index contributed by atoms with van der Waals surface area (Å²) in [5, 5.41) is 3.34. The van der Waals surface area contributed by atoms with E-state index in [9.17, 15) is 0 Å². The van der Waals surface area contributed by atoms with Crippen LogP contribution in [0.1, 0.15) is 27.2 Å². The summed E-state index contributed by atoms with van der Waals surface area (Å²) in [6, 6.07) is 8.14. The molecule has 0 spiro atoms. The van der Waals surface area contributed by atoms with Gasteiger partial charge in [0.25, 0.3) is 0 Å². The zero-order chi connectivity index (χ0) is 11.1. The monoisotopic (exact) mass is 207 g/mol. The third-order valence-corrected chi connectivity index (χ3v) is 2.00. The van der Waals surface area contributed by atoms with E-state index in [0.29, 0.717) is 5.92 Å². The van der Waals surface area contributed by atoms with Crippen molar-refractivity contribution in [3.05, 3.63) is 24.3 Å². The normalized spacial score (nSPS) is 10.4. The van der Waals surface area contributed by atoms with Crippen LogP contribution in [0.3, 0.4) is 0 Å². The maximum absolute atomic E-state index is 5.65. The van der Waals surface area contributed by atoms with Crippen molar-refractivity contribution in [1.82, 2.24) is 0 Å². The second-order valence-electron chi connectivity index (χ2n) is 4.16. The molecule has 15 heavy (non-hydrogen) atoms. The number of nitrogens with one attached hydrogen (secondary N) is 1. The van der Waals surface area contributed by atoms with Gasteiger partial charge in [-0.15, -0.1) is 0 Å². The van der Waals surface area contributed by atoms with Crippen LogP contribution in [0.5, 0.6) is 5.75 Å². The highest BCUT2D eigenvalue weighted by molar-refractivity contribution is 5.48. The fourth-order valence-corrected chi connectivity index (χ4v) is 1.23. The summed E-state index contributed by atoms with van der Waals surface area (Å²) in [6.45, 7) is 8.25. The highest BCUT2D eigenvalue weighted by atomic mass is 16.5.